The Kier molecular flexibility index (Phi) is 5.71. The molecule has 23 heavy (non-hydrogen) atoms. The van der Waals surface area contributed by atoms with Gasteiger partial charge in [-0.15, -0.1) is 0 Å². The molecule has 0 aliphatic carbocycles. The van der Waals surface area contributed by atoms with E-state index in [1.54, 1.807) is 6.92 Å². The zero-order valence-electron chi connectivity index (χ0n) is 12.9. The maximum absolute atomic E-state index is 13.7. The van der Waals surface area contributed by atoms with Crippen molar-refractivity contribution in [3.63, 3.8) is 0 Å². The number of aliphatic hydroxyl groups is 1. The highest BCUT2D eigenvalue weighted by Gasteiger charge is 2.17. The van der Waals surface area contributed by atoms with Gasteiger partial charge in [-0.3, -0.25) is 4.79 Å². The third-order valence-electron chi connectivity index (χ3n) is 3.60. The number of aromatic hydroxyl groups is 1. The minimum Gasteiger partial charge on any atom is -0.508 e. The molecular weight excluding hydrogens is 297 g/mol. The Morgan fingerprint density at radius 3 is 2.52 bits per heavy atom. The average molecular weight is 317 g/mol. The van der Waals surface area contributed by atoms with Crippen LogP contribution in [-0.4, -0.2) is 28.8 Å². The molecule has 2 aromatic carbocycles. The number of nitrogens with one attached hydrogen (secondary N) is 1. The van der Waals surface area contributed by atoms with E-state index in [1.165, 1.54) is 12.1 Å². The number of carbonyl (C=O) groups is 1. The Morgan fingerprint density at radius 2 is 1.91 bits per heavy atom. The van der Waals surface area contributed by atoms with Crippen LogP contribution in [0.1, 0.15) is 35.2 Å². The lowest BCUT2D eigenvalue weighted by Gasteiger charge is -2.19. The maximum atomic E-state index is 13.7. The molecule has 122 valence electrons. The lowest BCUT2D eigenvalue weighted by Crippen LogP contribution is -2.30. The zero-order valence-corrected chi connectivity index (χ0v) is 12.9. The number of hydrogen-bond donors (Lipinski definition) is 3. The molecule has 5 heteroatoms. The lowest BCUT2D eigenvalue weighted by atomic mass is 9.93. The number of aliphatic hydroxyl groups excluding tert-OH is 1. The molecular formula is C18H20FNO3. The van der Waals surface area contributed by atoms with Crippen molar-refractivity contribution < 1.29 is 19.4 Å². The van der Waals surface area contributed by atoms with Gasteiger partial charge in [0.2, 0.25) is 0 Å². The molecule has 0 bridgehead atoms. The number of carbonyl (C=O) groups excluding carboxylic acids is 1. The topological polar surface area (TPSA) is 69.6 Å². The number of phenolic OH excluding ortho intramolecular Hbond substituents is 1. The summed E-state index contributed by atoms with van der Waals surface area (Å²) in [6.45, 7) is 1.98. The summed E-state index contributed by atoms with van der Waals surface area (Å²) in [5.74, 6) is -1.61. The van der Waals surface area contributed by atoms with Crippen LogP contribution in [0, 0.1) is 5.82 Å². The number of rotatable bonds is 6. The Labute approximate surface area is 134 Å². The number of halogens is 1. The molecule has 1 amide bonds. The molecule has 3 N–H and O–H groups in total. The molecule has 0 aliphatic heterocycles. The van der Waals surface area contributed by atoms with Crippen LogP contribution in [-0.2, 0) is 0 Å². The van der Waals surface area contributed by atoms with E-state index in [-0.39, 0.29) is 23.8 Å². The van der Waals surface area contributed by atoms with Gasteiger partial charge in [-0.2, -0.15) is 0 Å². The highest BCUT2D eigenvalue weighted by molar-refractivity contribution is 5.94. The van der Waals surface area contributed by atoms with Gasteiger partial charge < -0.3 is 15.5 Å². The van der Waals surface area contributed by atoms with Crippen LogP contribution in [0.15, 0.2) is 48.5 Å². The van der Waals surface area contributed by atoms with E-state index < -0.39 is 17.8 Å². The van der Waals surface area contributed by atoms with E-state index in [4.69, 9.17) is 0 Å². The Balaban J connectivity index is 2.07. The number of benzene rings is 2. The minimum atomic E-state index is -0.769. The summed E-state index contributed by atoms with van der Waals surface area (Å²) >= 11 is 0. The summed E-state index contributed by atoms with van der Waals surface area (Å²) < 4.78 is 13.7. The molecule has 0 heterocycles. The molecule has 0 saturated heterocycles. The fourth-order valence-corrected chi connectivity index (χ4v) is 2.47. The van der Waals surface area contributed by atoms with E-state index in [1.807, 2.05) is 30.3 Å². The summed E-state index contributed by atoms with van der Waals surface area (Å²) in [4.78, 5) is 12.1. The zero-order chi connectivity index (χ0) is 16.8. The van der Waals surface area contributed by atoms with Crippen molar-refractivity contribution in [1.29, 1.82) is 0 Å². The smallest absolute Gasteiger partial charge is 0.254 e. The monoisotopic (exact) mass is 317 g/mol. The van der Waals surface area contributed by atoms with E-state index in [9.17, 15) is 19.4 Å². The lowest BCUT2D eigenvalue weighted by molar-refractivity contribution is 0.0941. The summed E-state index contributed by atoms with van der Waals surface area (Å²) in [6, 6.07) is 13.0. The largest absolute Gasteiger partial charge is 0.508 e. The molecule has 0 aromatic heterocycles. The van der Waals surface area contributed by atoms with Crippen LogP contribution in [0.25, 0.3) is 0 Å². The molecule has 2 aromatic rings. The first-order valence-corrected chi connectivity index (χ1v) is 7.47. The third kappa shape index (κ3) is 4.79. The first kappa shape index (κ1) is 17.0. The van der Waals surface area contributed by atoms with Crippen LogP contribution >= 0.6 is 0 Å². The summed E-state index contributed by atoms with van der Waals surface area (Å²) in [5, 5.41) is 21.5. The van der Waals surface area contributed by atoms with E-state index in [2.05, 4.69) is 5.32 Å². The number of phenols is 1. The SMILES string of the molecule is CC(O)CC(CNC(=O)c1ccc(O)cc1F)c1ccccc1. The van der Waals surface area contributed by atoms with Crippen LogP contribution < -0.4 is 5.32 Å². The normalized spacial score (nSPS) is 13.3. The standard InChI is InChI=1S/C18H20FNO3/c1-12(21)9-14(13-5-3-2-4-6-13)11-20-18(23)16-8-7-15(22)10-17(16)19/h2-8,10,12,14,21-22H,9,11H2,1H3,(H,20,23). The van der Waals surface area contributed by atoms with Crippen molar-refractivity contribution in [1.82, 2.24) is 5.32 Å². The van der Waals surface area contributed by atoms with Crippen molar-refractivity contribution in [2.45, 2.75) is 25.4 Å². The molecule has 2 unspecified atom stereocenters. The molecule has 0 aliphatic rings. The van der Waals surface area contributed by atoms with Crippen molar-refractivity contribution in [3.8, 4) is 5.75 Å². The van der Waals surface area contributed by atoms with Gasteiger partial charge in [0.25, 0.3) is 5.91 Å². The Morgan fingerprint density at radius 1 is 1.22 bits per heavy atom. The summed E-state index contributed by atoms with van der Waals surface area (Å²) in [6.07, 6.45) is -0.0231. The van der Waals surface area contributed by atoms with Gasteiger partial charge in [0.15, 0.2) is 0 Å². The molecule has 0 spiro atoms. The van der Waals surface area contributed by atoms with Crippen LogP contribution in [0.5, 0.6) is 5.75 Å². The van der Waals surface area contributed by atoms with E-state index in [0.29, 0.717) is 6.42 Å². The Hall–Kier alpha value is -2.40. The summed E-state index contributed by atoms with van der Waals surface area (Å²) in [5.41, 5.74) is 0.881. The predicted octanol–water partition coefficient (Wildman–Crippen LogP) is 2.82. The first-order valence-electron chi connectivity index (χ1n) is 7.47. The van der Waals surface area contributed by atoms with Gasteiger partial charge in [0.1, 0.15) is 11.6 Å². The van der Waals surface area contributed by atoms with Gasteiger partial charge in [-0.25, -0.2) is 4.39 Å². The van der Waals surface area contributed by atoms with Gasteiger partial charge in [-0.1, -0.05) is 30.3 Å². The highest BCUT2D eigenvalue weighted by atomic mass is 19.1. The maximum Gasteiger partial charge on any atom is 0.254 e. The van der Waals surface area contributed by atoms with Crippen LogP contribution in [0.3, 0.4) is 0 Å². The van der Waals surface area contributed by atoms with E-state index >= 15 is 0 Å². The molecule has 0 saturated carbocycles. The van der Waals surface area contributed by atoms with Crippen molar-refractivity contribution in [2.75, 3.05) is 6.54 Å². The van der Waals surface area contributed by atoms with Crippen molar-refractivity contribution >= 4 is 5.91 Å². The fourth-order valence-electron chi connectivity index (χ4n) is 2.47. The summed E-state index contributed by atoms with van der Waals surface area (Å²) in [7, 11) is 0. The highest BCUT2D eigenvalue weighted by Crippen LogP contribution is 2.21. The van der Waals surface area contributed by atoms with Gasteiger partial charge in [0, 0.05) is 18.5 Å². The molecule has 0 radical (unpaired) electrons. The van der Waals surface area contributed by atoms with E-state index in [0.717, 1.165) is 11.6 Å². The van der Waals surface area contributed by atoms with Crippen molar-refractivity contribution in [2.24, 2.45) is 0 Å². The van der Waals surface area contributed by atoms with Gasteiger partial charge >= 0.3 is 0 Å². The second kappa shape index (κ2) is 7.74. The van der Waals surface area contributed by atoms with Gasteiger partial charge in [-0.05, 0) is 31.0 Å². The minimum absolute atomic E-state index is 0.0691. The predicted molar refractivity (Wildman–Crippen MR) is 85.9 cm³/mol. The second-order valence-corrected chi connectivity index (χ2v) is 5.57. The Bertz CT molecular complexity index is 659. The average Bonchev–Trinajstić information content (AvgIpc) is 2.51. The van der Waals surface area contributed by atoms with Crippen LogP contribution in [0.4, 0.5) is 4.39 Å². The molecule has 2 rings (SSSR count). The quantitative estimate of drug-likeness (QED) is 0.767. The first-order chi connectivity index (χ1) is 11.0. The van der Waals surface area contributed by atoms with Crippen LogP contribution in [0.2, 0.25) is 0 Å². The van der Waals surface area contributed by atoms with Gasteiger partial charge in [0.05, 0.1) is 11.7 Å². The van der Waals surface area contributed by atoms with Crippen molar-refractivity contribution in [3.05, 3.63) is 65.5 Å². The second-order valence-electron chi connectivity index (χ2n) is 5.57. The fraction of sp³-hybridized carbons (Fsp3) is 0.278. The number of amides is 1. The third-order valence-corrected chi connectivity index (χ3v) is 3.60. The molecule has 4 nitrogen and oxygen atoms in total. The number of hydrogen-bond acceptors (Lipinski definition) is 3. The molecule has 0 fully saturated rings. The molecule has 2 atom stereocenters.